The van der Waals surface area contributed by atoms with Crippen LogP contribution >= 0.6 is 11.5 Å². The Labute approximate surface area is 248 Å². The van der Waals surface area contributed by atoms with Gasteiger partial charge in [-0.2, -0.15) is 4.37 Å². The van der Waals surface area contributed by atoms with Crippen molar-refractivity contribution in [2.45, 2.75) is 19.8 Å². The van der Waals surface area contributed by atoms with Crippen LogP contribution in [0.15, 0.2) is 79.1 Å². The van der Waals surface area contributed by atoms with Gasteiger partial charge in [0, 0.05) is 79.8 Å². The maximum atomic E-state index is 13.4. The number of carbonyl (C=O) groups is 2. The third-order valence-electron chi connectivity index (χ3n) is 7.44. The summed E-state index contributed by atoms with van der Waals surface area (Å²) in [6.07, 6.45) is 4.92. The van der Waals surface area contributed by atoms with E-state index in [-0.39, 0.29) is 11.8 Å². The van der Waals surface area contributed by atoms with Crippen molar-refractivity contribution in [3.8, 4) is 0 Å². The van der Waals surface area contributed by atoms with Crippen molar-refractivity contribution in [2.75, 3.05) is 38.0 Å². The van der Waals surface area contributed by atoms with Gasteiger partial charge >= 0.3 is 0 Å². The van der Waals surface area contributed by atoms with Crippen LogP contribution in [-0.4, -0.2) is 73.7 Å². The molecular formula is C32H31N7O2S. The molecule has 1 fully saturated rings. The summed E-state index contributed by atoms with van der Waals surface area (Å²) in [5.74, 6) is -0.282. The molecule has 42 heavy (non-hydrogen) atoms. The predicted molar refractivity (Wildman–Crippen MR) is 164 cm³/mol. The number of rotatable bonds is 8. The Kier molecular flexibility index (Phi) is 8.25. The molecular weight excluding hydrogens is 546 g/mol. The smallest absolute Gasteiger partial charge is 0.258 e. The van der Waals surface area contributed by atoms with Crippen LogP contribution in [0.2, 0.25) is 0 Å². The summed E-state index contributed by atoms with van der Waals surface area (Å²) in [6, 6.07) is 20.8. The first-order valence-corrected chi connectivity index (χ1v) is 14.8. The van der Waals surface area contributed by atoms with Gasteiger partial charge in [0.2, 0.25) is 0 Å². The van der Waals surface area contributed by atoms with Crippen LogP contribution in [0.25, 0.3) is 11.0 Å². The number of para-hydroxylation sites is 2. The van der Waals surface area contributed by atoms with E-state index in [2.05, 4.69) is 24.6 Å². The SMILES string of the molecule is Cc1nsc(Cc2cnc3ccccc3n2)c1C(=O)Nc1cccc(C(=O)N2CCN(CCc3ccccn3)CC2)c1. The molecule has 0 spiro atoms. The number of aryl methyl sites for hydroxylation is 1. The van der Waals surface area contributed by atoms with Gasteiger partial charge in [0.25, 0.3) is 11.8 Å². The van der Waals surface area contributed by atoms with Crippen molar-refractivity contribution in [3.63, 3.8) is 0 Å². The molecule has 2 amide bonds. The Morgan fingerprint density at radius 1 is 0.905 bits per heavy atom. The minimum absolute atomic E-state index is 0.0283. The van der Waals surface area contributed by atoms with Crippen LogP contribution in [0, 0.1) is 6.92 Å². The second kappa shape index (κ2) is 12.5. The van der Waals surface area contributed by atoms with E-state index >= 15 is 0 Å². The fourth-order valence-electron chi connectivity index (χ4n) is 5.17. The molecule has 0 atom stereocenters. The van der Waals surface area contributed by atoms with Gasteiger partial charge < -0.3 is 10.2 Å². The summed E-state index contributed by atoms with van der Waals surface area (Å²) in [5.41, 5.74) is 5.83. The Balaban J connectivity index is 1.08. The minimum Gasteiger partial charge on any atom is -0.336 e. The molecule has 10 heteroatoms. The lowest BCUT2D eigenvalue weighted by atomic mass is 10.1. The molecule has 1 saturated heterocycles. The first-order chi connectivity index (χ1) is 20.5. The Hall–Kier alpha value is -4.54. The minimum atomic E-state index is -0.254. The van der Waals surface area contributed by atoms with Crippen LogP contribution in [0.3, 0.4) is 0 Å². The molecule has 6 rings (SSSR count). The van der Waals surface area contributed by atoms with E-state index < -0.39 is 0 Å². The lowest BCUT2D eigenvalue weighted by Crippen LogP contribution is -2.49. The second-order valence-corrected chi connectivity index (χ2v) is 11.2. The highest BCUT2D eigenvalue weighted by molar-refractivity contribution is 7.06. The fraction of sp³-hybridized carbons (Fsp3) is 0.250. The molecule has 212 valence electrons. The van der Waals surface area contributed by atoms with Crippen molar-refractivity contribution in [1.82, 2.24) is 29.1 Å². The molecule has 4 heterocycles. The molecule has 0 saturated carbocycles. The zero-order chi connectivity index (χ0) is 28.9. The molecule has 9 nitrogen and oxygen atoms in total. The highest BCUT2D eigenvalue weighted by Crippen LogP contribution is 2.24. The largest absolute Gasteiger partial charge is 0.336 e. The number of carbonyl (C=O) groups excluding carboxylic acids is 2. The van der Waals surface area contributed by atoms with Crippen molar-refractivity contribution >= 4 is 40.1 Å². The molecule has 2 aromatic carbocycles. The van der Waals surface area contributed by atoms with Crippen LogP contribution in [-0.2, 0) is 12.8 Å². The van der Waals surface area contributed by atoms with E-state index in [9.17, 15) is 9.59 Å². The number of nitrogens with one attached hydrogen (secondary N) is 1. The number of hydrogen-bond donors (Lipinski definition) is 1. The van der Waals surface area contributed by atoms with E-state index in [0.29, 0.717) is 42.0 Å². The molecule has 0 aliphatic carbocycles. The highest BCUT2D eigenvalue weighted by atomic mass is 32.1. The highest BCUT2D eigenvalue weighted by Gasteiger charge is 2.23. The lowest BCUT2D eigenvalue weighted by Gasteiger charge is -2.34. The monoisotopic (exact) mass is 577 g/mol. The van der Waals surface area contributed by atoms with Crippen LogP contribution < -0.4 is 5.32 Å². The molecule has 0 unspecified atom stereocenters. The van der Waals surface area contributed by atoms with Gasteiger partial charge in [-0.15, -0.1) is 0 Å². The number of anilines is 1. The van der Waals surface area contributed by atoms with E-state index in [1.165, 1.54) is 11.5 Å². The molecule has 3 aromatic heterocycles. The van der Waals surface area contributed by atoms with E-state index in [4.69, 9.17) is 4.98 Å². The number of fused-ring (bicyclic) bond motifs is 1. The van der Waals surface area contributed by atoms with Crippen LogP contribution in [0.5, 0.6) is 0 Å². The van der Waals surface area contributed by atoms with Crippen molar-refractivity contribution in [1.29, 1.82) is 0 Å². The molecule has 0 bridgehead atoms. The fourth-order valence-corrected chi connectivity index (χ4v) is 6.06. The molecule has 5 aromatic rings. The summed E-state index contributed by atoms with van der Waals surface area (Å²) in [5, 5.41) is 2.99. The van der Waals surface area contributed by atoms with Gasteiger partial charge in [-0.25, -0.2) is 4.98 Å². The van der Waals surface area contributed by atoms with Crippen molar-refractivity contribution in [3.05, 3.63) is 112 Å². The predicted octanol–water partition coefficient (Wildman–Crippen LogP) is 4.63. The topological polar surface area (TPSA) is 104 Å². The average molecular weight is 578 g/mol. The number of benzene rings is 2. The third kappa shape index (κ3) is 6.35. The maximum Gasteiger partial charge on any atom is 0.258 e. The van der Waals surface area contributed by atoms with Crippen molar-refractivity contribution in [2.24, 2.45) is 0 Å². The maximum absolute atomic E-state index is 13.4. The third-order valence-corrected chi connectivity index (χ3v) is 8.37. The molecule has 1 aliphatic heterocycles. The van der Waals surface area contributed by atoms with E-state index in [1.807, 2.05) is 60.5 Å². The summed E-state index contributed by atoms with van der Waals surface area (Å²) < 4.78 is 4.45. The standard InChI is InChI=1S/C32H31N7O2S/c1-22-30(29(42-37-22)20-26-21-34-27-10-2-3-11-28(27)35-26)31(40)36-25-9-6-7-23(19-25)32(41)39-17-15-38(16-18-39)14-12-24-8-4-5-13-33-24/h2-11,13,19,21H,12,14-18,20H2,1H3,(H,36,40). The average Bonchev–Trinajstić information content (AvgIpc) is 3.40. The number of aromatic nitrogens is 4. The summed E-state index contributed by atoms with van der Waals surface area (Å²) in [6.45, 7) is 5.73. The van der Waals surface area contributed by atoms with Gasteiger partial charge in [-0.1, -0.05) is 24.3 Å². The van der Waals surface area contributed by atoms with Gasteiger partial charge in [0.05, 0.1) is 28.0 Å². The van der Waals surface area contributed by atoms with Gasteiger partial charge in [-0.05, 0) is 60.9 Å². The summed E-state index contributed by atoms with van der Waals surface area (Å²) >= 11 is 1.30. The second-order valence-electron chi connectivity index (χ2n) is 10.3. The molecule has 0 radical (unpaired) electrons. The summed E-state index contributed by atoms with van der Waals surface area (Å²) in [4.78, 5) is 45.4. The van der Waals surface area contributed by atoms with Crippen LogP contribution in [0.4, 0.5) is 5.69 Å². The lowest BCUT2D eigenvalue weighted by molar-refractivity contribution is 0.0638. The van der Waals surface area contributed by atoms with Gasteiger partial charge in [0.15, 0.2) is 0 Å². The zero-order valence-corrected chi connectivity index (χ0v) is 24.2. The summed E-state index contributed by atoms with van der Waals surface area (Å²) in [7, 11) is 0. The number of hydrogen-bond acceptors (Lipinski definition) is 8. The van der Waals surface area contributed by atoms with Crippen molar-refractivity contribution < 1.29 is 9.59 Å². The van der Waals surface area contributed by atoms with E-state index in [1.54, 1.807) is 30.5 Å². The first-order valence-electron chi connectivity index (χ1n) is 14.0. The quantitative estimate of drug-likeness (QED) is 0.287. The van der Waals surface area contributed by atoms with Gasteiger partial charge in [0.1, 0.15) is 0 Å². The number of piperazine rings is 1. The van der Waals surface area contributed by atoms with E-state index in [0.717, 1.165) is 53.4 Å². The first kappa shape index (κ1) is 27.6. The Morgan fingerprint density at radius 3 is 2.52 bits per heavy atom. The molecule has 1 aliphatic rings. The Morgan fingerprint density at radius 2 is 1.71 bits per heavy atom. The number of nitrogens with zero attached hydrogens (tertiary/aromatic N) is 6. The van der Waals surface area contributed by atoms with Gasteiger partial charge in [-0.3, -0.25) is 24.5 Å². The number of amides is 2. The Bertz CT molecular complexity index is 1710. The zero-order valence-electron chi connectivity index (χ0n) is 23.4. The number of pyridine rings is 1. The normalized spacial score (nSPS) is 13.8. The molecule has 1 N–H and O–H groups in total. The van der Waals surface area contributed by atoms with Crippen LogP contribution in [0.1, 0.15) is 42.7 Å².